The average Bonchev–Trinajstić information content (AvgIpc) is 2.38. The molecule has 2 rings (SSSR count). The summed E-state index contributed by atoms with van der Waals surface area (Å²) in [5.41, 5.74) is 0.769. The molecule has 0 aromatic carbocycles. The van der Waals surface area contributed by atoms with Crippen molar-refractivity contribution in [1.82, 2.24) is 0 Å². The fourth-order valence-electron chi connectivity index (χ4n) is 3.90. The maximum Gasteiger partial charge on any atom is 0.143 e. The molecule has 0 aliphatic heterocycles. The molecule has 0 amide bonds. The SMILES string of the molecule is CC1(C)CCC(C(=O)CC(=O)C2CCC(C)(C)CC2)CC1. The smallest absolute Gasteiger partial charge is 0.143 e. The van der Waals surface area contributed by atoms with Gasteiger partial charge < -0.3 is 0 Å². The highest BCUT2D eigenvalue weighted by Gasteiger charge is 2.34. The second-order valence-electron chi connectivity index (χ2n) is 8.99. The highest BCUT2D eigenvalue weighted by Crippen LogP contribution is 2.40. The zero-order valence-electron chi connectivity index (χ0n) is 14.3. The third-order valence-corrected chi connectivity index (χ3v) is 5.94. The van der Waals surface area contributed by atoms with Gasteiger partial charge in [-0.25, -0.2) is 0 Å². The van der Waals surface area contributed by atoms with Gasteiger partial charge in [0.1, 0.15) is 11.6 Å². The minimum absolute atomic E-state index is 0.155. The molecule has 0 heterocycles. The summed E-state index contributed by atoms with van der Waals surface area (Å²) in [5.74, 6) is 0.754. The van der Waals surface area contributed by atoms with Crippen LogP contribution >= 0.6 is 0 Å². The minimum atomic E-state index is 0.155. The second kappa shape index (κ2) is 6.22. The topological polar surface area (TPSA) is 34.1 Å². The minimum Gasteiger partial charge on any atom is -0.299 e. The zero-order chi connectivity index (χ0) is 15.7. The van der Waals surface area contributed by atoms with Crippen molar-refractivity contribution >= 4 is 11.6 Å². The van der Waals surface area contributed by atoms with Crippen LogP contribution in [0.4, 0.5) is 0 Å². The van der Waals surface area contributed by atoms with Crippen LogP contribution in [0.15, 0.2) is 0 Å². The summed E-state index contributed by atoms with van der Waals surface area (Å²) < 4.78 is 0. The van der Waals surface area contributed by atoms with Crippen LogP contribution in [0.3, 0.4) is 0 Å². The highest BCUT2D eigenvalue weighted by molar-refractivity contribution is 6.01. The van der Waals surface area contributed by atoms with Crippen LogP contribution in [0, 0.1) is 22.7 Å². The Labute approximate surface area is 130 Å². The van der Waals surface area contributed by atoms with Gasteiger partial charge in [-0.05, 0) is 62.2 Å². The molecule has 0 N–H and O–H groups in total. The number of hydrogen-bond acceptors (Lipinski definition) is 2. The first-order valence-electron chi connectivity index (χ1n) is 8.74. The van der Waals surface area contributed by atoms with Crippen molar-refractivity contribution in [2.45, 2.75) is 85.5 Å². The van der Waals surface area contributed by atoms with E-state index >= 15 is 0 Å². The molecule has 0 saturated heterocycles. The second-order valence-corrected chi connectivity index (χ2v) is 8.99. The van der Waals surface area contributed by atoms with Crippen LogP contribution in [-0.4, -0.2) is 11.6 Å². The van der Waals surface area contributed by atoms with E-state index in [-0.39, 0.29) is 29.8 Å². The van der Waals surface area contributed by atoms with E-state index in [9.17, 15) is 9.59 Å². The summed E-state index contributed by atoms with van der Waals surface area (Å²) in [6.07, 6.45) is 8.62. The van der Waals surface area contributed by atoms with Gasteiger partial charge in [0, 0.05) is 11.8 Å². The van der Waals surface area contributed by atoms with Gasteiger partial charge in [0.15, 0.2) is 0 Å². The van der Waals surface area contributed by atoms with Gasteiger partial charge >= 0.3 is 0 Å². The highest BCUT2D eigenvalue weighted by atomic mass is 16.1. The first-order valence-corrected chi connectivity index (χ1v) is 8.74. The molecule has 2 saturated carbocycles. The molecule has 2 aliphatic carbocycles. The lowest BCUT2D eigenvalue weighted by Crippen LogP contribution is -2.31. The van der Waals surface area contributed by atoms with Crippen molar-refractivity contribution in [3.05, 3.63) is 0 Å². The average molecular weight is 292 g/mol. The van der Waals surface area contributed by atoms with Crippen molar-refractivity contribution in [3.8, 4) is 0 Å². The lowest BCUT2D eigenvalue weighted by atomic mass is 9.69. The predicted octanol–water partition coefficient (Wildman–Crippen LogP) is 4.95. The Balaban J connectivity index is 1.79. The number of rotatable bonds is 4. The van der Waals surface area contributed by atoms with Crippen LogP contribution in [-0.2, 0) is 9.59 Å². The number of carbonyl (C=O) groups excluding carboxylic acids is 2. The Kier molecular flexibility index (Phi) is 4.95. The van der Waals surface area contributed by atoms with Crippen LogP contribution in [0.2, 0.25) is 0 Å². The van der Waals surface area contributed by atoms with E-state index in [2.05, 4.69) is 27.7 Å². The molecule has 0 radical (unpaired) electrons. The predicted molar refractivity (Wildman–Crippen MR) is 86.1 cm³/mol. The summed E-state index contributed by atoms with van der Waals surface area (Å²) in [6.45, 7) is 9.12. The Morgan fingerprint density at radius 1 is 0.714 bits per heavy atom. The van der Waals surface area contributed by atoms with E-state index in [1.165, 1.54) is 0 Å². The molecule has 120 valence electrons. The summed E-state index contributed by atoms with van der Waals surface area (Å²) in [4.78, 5) is 24.7. The van der Waals surface area contributed by atoms with Crippen molar-refractivity contribution < 1.29 is 9.59 Å². The van der Waals surface area contributed by atoms with Gasteiger partial charge in [0.2, 0.25) is 0 Å². The molecule has 0 bridgehead atoms. The fraction of sp³-hybridized carbons (Fsp3) is 0.895. The Morgan fingerprint density at radius 2 is 1.00 bits per heavy atom. The first-order chi connectivity index (χ1) is 9.69. The van der Waals surface area contributed by atoms with E-state index < -0.39 is 0 Å². The number of Topliss-reactive ketones (excluding diaryl/α,β-unsaturated/α-hetero) is 2. The Hall–Kier alpha value is -0.660. The van der Waals surface area contributed by atoms with Gasteiger partial charge in [-0.1, -0.05) is 27.7 Å². The summed E-state index contributed by atoms with van der Waals surface area (Å²) >= 11 is 0. The molecule has 0 aromatic rings. The molecule has 0 atom stereocenters. The van der Waals surface area contributed by atoms with E-state index in [1.54, 1.807) is 0 Å². The normalized spacial score (nSPS) is 26.5. The van der Waals surface area contributed by atoms with Crippen molar-refractivity contribution in [2.75, 3.05) is 0 Å². The van der Waals surface area contributed by atoms with Gasteiger partial charge in [-0.15, -0.1) is 0 Å². The molecule has 0 aromatic heterocycles. The van der Waals surface area contributed by atoms with Crippen molar-refractivity contribution in [2.24, 2.45) is 22.7 Å². The molecule has 2 aliphatic rings. The fourth-order valence-corrected chi connectivity index (χ4v) is 3.90. The molecule has 0 spiro atoms. The third kappa shape index (κ3) is 4.66. The Morgan fingerprint density at radius 3 is 1.29 bits per heavy atom. The van der Waals surface area contributed by atoms with Gasteiger partial charge in [0.25, 0.3) is 0 Å². The summed E-state index contributed by atoms with van der Waals surface area (Å²) in [7, 11) is 0. The van der Waals surface area contributed by atoms with E-state index in [0.717, 1.165) is 51.4 Å². The lowest BCUT2D eigenvalue weighted by Gasteiger charge is -2.35. The van der Waals surface area contributed by atoms with E-state index in [1.807, 2.05) is 0 Å². The van der Waals surface area contributed by atoms with Crippen LogP contribution in [0.5, 0.6) is 0 Å². The maximum atomic E-state index is 12.4. The van der Waals surface area contributed by atoms with Gasteiger partial charge in [0.05, 0.1) is 6.42 Å². The molecule has 21 heavy (non-hydrogen) atoms. The quantitative estimate of drug-likeness (QED) is 0.687. The van der Waals surface area contributed by atoms with E-state index in [4.69, 9.17) is 0 Å². The maximum absolute atomic E-state index is 12.4. The van der Waals surface area contributed by atoms with Gasteiger partial charge in [-0.2, -0.15) is 0 Å². The lowest BCUT2D eigenvalue weighted by molar-refractivity contribution is -0.133. The first kappa shape index (κ1) is 16.7. The number of ketones is 2. The van der Waals surface area contributed by atoms with Crippen LogP contribution in [0.1, 0.15) is 85.5 Å². The third-order valence-electron chi connectivity index (χ3n) is 5.94. The van der Waals surface area contributed by atoms with Crippen molar-refractivity contribution in [3.63, 3.8) is 0 Å². The van der Waals surface area contributed by atoms with Crippen molar-refractivity contribution in [1.29, 1.82) is 0 Å². The molecular weight excluding hydrogens is 260 g/mol. The molecule has 0 unspecified atom stereocenters. The van der Waals surface area contributed by atoms with Crippen LogP contribution < -0.4 is 0 Å². The largest absolute Gasteiger partial charge is 0.299 e. The molecule has 2 fully saturated rings. The monoisotopic (exact) mass is 292 g/mol. The van der Waals surface area contributed by atoms with E-state index in [0.29, 0.717) is 10.8 Å². The Bertz CT molecular complexity index is 348. The molecular formula is C19H32O2. The molecule has 2 nitrogen and oxygen atoms in total. The summed E-state index contributed by atoms with van der Waals surface area (Å²) in [5, 5.41) is 0. The number of hydrogen-bond donors (Lipinski definition) is 0. The van der Waals surface area contributed by atoms with Gasteiger partial charge in [-0.3, -0.25) is 9.59 Å². The number of carbonyl (C=O) groups is 2. The molecule has 2 heteroatoms. The summed E-state index contributed by atoms with van der Waals surface area (Å²) in [6, 6.07) is 0. The zero-order valence-corrected chi connectivity index (χ0v) is 14.3. The van der Waals surface area contributed by atoms with Crippen LogP contribution in [0.25, 0.3) is 0 Å². The standard InChI is InChI=1S/C19H32O2/c1-18(2)9-5-14(6-10-18)16(20)13-17(21)15-7-11-19(3,4)12-8-15/h14-15H,5-13H2,1-4H3.